The molecule has 0 bridgehead atoms. The van der Waals surface area contributed by atoms with Crippen LogP contribution in [0.25, 0.3) is 11.0 Å². The van der Waals surface area contributed by atoms with Crippen LogP contribution in [-0.2, 0) is 6.42 Å². The molecule has 4 heteroatoms. The Kier molecular flexibility index (Phi) is 4.52. The van der Waals surface area contributed by atoms with Gasteiger partial charge in [-0.15, -0.1) is 11.6 Å². The second-order valence-electron chi connectivity index (χ2n) is 4.41. The molecule has 0 unspecified atom stereocenters. The third-order valence-electron chi connectivity index (χ3n) is 3.36. The lowest BCUT2D eigenvalue weighted by molar-refractivity contribution is 0.468. The predicted octanol–water partition coefficient (Wildman–Crippen LogP) is 4.83. The van der Waals surface area contributed by atoms with Gasteiger partial charge in [0.2, 0.25) is 0 Å². The number of hydrogen-bond donors (Lipinski definition) is 0. The van der Waals surface area contributed by atoms with Crippen LogP contribution in [-0.4, -0.2) is 15.4 Å². The summed E-state index contributed by atoms with van der Waals surface area (Å²) in [5.74, 6) is 1.63. The van der Waals surface area contributed by atoms with E-state index in [0.29, 0.717) is 11.9 Å². The Bertz CT molecular complexity index is 530. The summed E-state index contributed by atoms with van der Waals surface area (Å²) in [4.78, 5) is 4.67. The number of benzene rings is 1. The van der Waals surface area contributed by atoms with Gasteiger partial charge in [-0.1, -0.05) is 31.5 Å². The van der Waals surface area contributed by atoms with Crippen LogP contribution >= 0.6 is 23.2 Å². The smallest absolute Gasteiger partial charge is 0.111 e. The monoisotopic (exact) mass is 284 g/mol. The molecule has 0 N–H and O–H groups in total. The fourth-order valence-corrected chi connectivity index (χ4v) is 2.89. The first-order chi connectivity index (χ1) is 8.72. The molecule has 0 spiro atoms. The Balaban J connectivity index is 2.67. The molecule has 2 aromatic rings. The van der Waals surface area contributed by atoms with Gasteiger partial charge in [-0.2, -0.15) is 0 Å². The van der Waals surface area contributed by atoms with Crippen molar-refractivity contribution >= 4 is 34.2 Å². The zero-order valence-corrected chi connectivity index (χ0v) is 12.3. The lowest BCUT2D eigenvalue weighted by Gasteiger charge is -2.19. The topological polar surface area (TPSA) is 17.8 Å². The van der Waals surface area contributed by atoms with Crippen LogP contribution in [0, 0.1) is 0 Å². The van der Waals surface area contributed by atoms with Gasteiger partial charge < -0.3 is 4.57 Å². The molecule has 0 aliphatic heterocycles. The summed E-state index contributed by atoms with van der Waals surface area (Å²) in [6, 6.07) is 6.32. The Hall–Kier alpha value is -0.730. The molecule has 98 valence electrons. The number of aryl methyl sites for hydroxylation is 1. The summed E-state index contributed by atoms with van der Waals surface area (Å²) < 4.78 is 2.28. The number of alkyl halides is 1. The first-order valence-electron chi connectivity index (χ1n) is 6.44. The van der Waals surface area contributed by atoms with Gasteiger partial charge in [0.05, 0.1) is 16.1 Å². The quantitative estimate of drug-likeness (QED) is 0.719. The average molecular weight is 285 g/mol. The van der Waals surface area contributed by atoms with Crippen molar-refractivity contribution in [1.29, 1.82) is 0 Å². The molecule has 1 aromatic carbocycles. The lowest BCUT2D eigenvalue weighted by atomic mass is 10.1. The van der Waals surface area contributed by atoms with Crippen molar-refractivity contribution in [3.05, 3.63) is 29.0 Å². The predicted molar refractivity (Wildman–Crippen MR) is 78.8 cm³/mol. The molecule has 18 heavy (non-hydrogen) atoms. The molecule has 0 radical (unpaired) electrons. The summed E-state index contributed by atoms with van der Waals surface area (Å²) in [5, 5.41) is 0.771. The summed E-state index contributed by atoms with van der Waals surface area (Å²) in [5.41, 5.74) is 2.02. The summed E-state index contributed by atoms with van der Waals surface area (Å²) >= 11 is 12.2. The Morgan fingerprint density at radius 2 is 2.00 bits per heavy atom. The fraction of sp³-hybridized carbons (Fsp3) is 0.500. The summed E-state index contributed by atoms with van der Waals surface area (Å²) in [6.45, 7) is 4.39. The number of para-hydroxylation sites is 1. The number of hydrogen-bond acceptors (Lipinski definition) is 1. The van der Waals surface area contributed by atoms with Crippen LogP contribution < -0.4 is 0 Å². The van der Waals surface area contributed by atoms with E-state index in [1.165, 1.54) is 0 Å². The number of rotatable bonds is 5. The van der Waals surface area contributed by atoms with Crippen LogP contribution in [0.2, 0.25) is 5.02 Å². The van der Waals surface area contributed by atoms with Crippen molar-refractivity contribution in [3.63, 3.8) is 0 Å². The normalized spacial score (nSPS) is 11.6. The third kappa shape index (κ3) is 2.36. The summed E-state index contributed by atoms with van der Waals surface area (Å²) in [7, 11) is 0. The maximum Gasteiger partial charge on any atom is 0.111 e. The van der Waals surface area contributed by atoms with E-state index in [4.69, 9.17) is 23.2 Å². The van der Waals surface area contributed by atoms with E-state index in [-0.39, 0.29) is 0 Å². The van der Waals surface area contributed by atoms with E-state index < -0.39 is 0 Å². The highest BCUT2D eigenvalue weighted by Gasteiger charge is 2.18. The molecule has 0 amide bonds. The fourth-order valence-electron chi connectivity index (χ4n) is 2.46. The third-order valence-corrected chi connectivity index (χ3v) is 3.85. The average Bonchev–Trinajstić information content (AvgIpc) is 2.72. The van der Waals surface area contributed by atoms with E-state index in [1.807, 2.05) is 18.2 Å². The number of nitrogens with zero attached hydrogens (tertiary/aromatic N) is 2. The van der Waals surface area contributed by atoms with Crippen LogP contribution in [0.4, 0.5) is 0 Å². The number of imidazole rings is 1. The van der Waals surface area contributed by atoms with Crippen molar-refractivity contribution in [1.82, 2.24) is 9.55 Å². The molecule has 0 aliphatic rings. The second-order valence-corrected chi connectivity index (χ2v) is 5.20. The van der Waals surface area contributed by atoms with Crippen LogP contribution in [0.15, 0.2) is 18.2 Å². The Morgan fingerprint density at radius 3 is 2.61 bits per heavy atom. The highest BCUT2D eigenvalue weighted by molar-refractivity contribution is 6.35. The molecular formula is C14H18Cl2N2. The van der Waals surface area contributed by atoms with E-state index >= 15 is 0 Å². The number of aromatic nitrogens is 2. The van der Waals surface area contributed by atoms with E-state index in [0.717, 1.165) is 41.1 Å². The SMILES string of the molecule is CCC(CC)n1c(CCCl)nc2cccc(Cl)c21. The van der Waals surface area contributed by atoms with Gasteiger partial charge in [-0.25, -0.2) is 4.98 Å². The minimum atomic E-state index is 0.438. The maximum atomic E-state index is 6.34. The van der Waals surface area contributed by atoms with E-state index in [9.17, 15) is 0 Å². The van der Waals surface area contributed by atoms with Crippen LogP contribution in [0.3, 0.4) is 0 Å². The molecule has 0 fully saturated rings. The molecule has 1 aromatic heterocycles. The maximum absolute atomic E-state index is 6.34. The van der Waals surface area contributed by atoms with Crippen molar-refractivity contribution in [2.24, 2.45) is 0 Å². The van der Waals surface area contributed by atoms with Crippen LogP contribution in [0.5, 0.6) is 0 Å². The van der Waals surface area contributed by atoms with Crippen molar-refractivity contribution < 1.29 is 0 Å². The van der Waals surface area contributed by atoms with E-state index in [2.05, 4.69) is 23.4 Å². The highest BCUT2D eigenvalue weighted by Crippen LogP contribution is 2.30. The minimum absolute atomic E-state index is 0.438. The van der Waals surface area contributed by atoms with Gasteiger partial charge in [0, 0.05) is 18.3 Å². The molecule has 2 rings (SSSR count). The van der Waals surface area contributed by atoms with Crippen LogP contribution in [0.1, 0.15) is 38.6 Å². The Morgan fingerprint density at radius 1 is 1.28 bits per heavy atom. The first-order valence-corrected chi connectivity index (χ1v) is 7.35. The number of halogens is 2. The molecule has 0 atom stereocenters. The molecule has 0 saturated heterocycles. The van der Waals surface area contributed by atoms with Crippen molar-refractivity contribution in [2.75, 3.05) is 5.88 Å². The molecular weight excluding hydrogens is 267 g/mol. The lowest BCUT2D eigenvalue weighted by Crippen LogP contribution is -2.11. The minimum Gasteiger partial charge on any atom is -0.324 e. The molecule has 2 nitrogen and oxygen atoms in total. The molecule has 0 aliphatic carbocycles. The summed E-state index contributed by atoms with van der Waals surface area (Å²) in [6.07, 6.45) is 2.92. The van der Waals surface area contributed by atoms with Gasteiger partial charge in [-0.3, -0.25) is 0 Å². The van der Waals surface area contributed by atoms with Gasteiger partial charge >= 0.3 is 0 Å². The van der Waals surface area contributed by atoms with Gasteiger partial charge in [0.15, 0.2) is 0 Å². The standard InChI is InChI=1S/C14H18Cl2N2/c1-3-10(4-2)18-13(8-9-15)17-12-7-5-6-11(16)14(12)18/h5-7,10H,3-4,8-9H2,1-2H3. The van der Waals surface area contributed by atoms with Crippen molar-refractivity contribution in [3.8, 4) is 0 Å². The van der Waals surface area contributed by atoms with Gasteiger partial charge in [0.25, 0.3) is 0 Å². The van der Waals surface area contributed by atoms with Gasteiger partial charge in [-0.05, 0) is 25.0 Å². The van der Waals surface area contributed by atoms with E-state index in [1.54, 1.807) is 0 Å². The van der Waals surface area contributed by atoms with Gasteiger partial charge in [0.1, 0.15) is 5.82 Å². The molecule has 1 heterocycles. The van der Waals surface area contributed by atoms with Crippen molar-refractivity contribution in [2.45, 2.75) is 39.2 Å². The largest absolute Gasteiger partial charge is 0.324 e. The zero-order chi connectivity index (χ0) is 13.1. The Labute approximate surface area is 118 Å². The second kappa shape index (κ2) is 5.94. The first kappa shape index (κ1) is 13.7. The number of fused-ring (bicyclic) bond motifs is 1. The highest BCUT2D eigenvalue weighted by atomic mass is 35.5. The molecule has 0 saturated carbocycles. The zero-order valence-electron chi connectivity index (χ0n) is 10.8.